The molecule has 2 aliphatic heterocycles. The van der Waals surface area contributed by atoms with Crippen LogP contribution in [-0.2, 0) is 14.3 Å². The topological polar surface area (TPSA) is 50.8 Å². The third-order valence-corrected chi connectivity index (χ3v) is 4.86. The normalized spacial score (nSPS) is 30.9. The van der Waals surface area contributed by atoms with Crippen molar-refractivity contribution in [3.8, 4) is 0 Å². The number of hydrogen-bond acceptors (Lipinski definition) is 4. The van der Waals surface area contributed by atoms with Gasteiger partial charge >= 0.3 is 0 Å². The van der Waals surface area contributed by atoms with Crippen LogP contribution in [0.4, 0.5) is 0 Å². The molecule has 0 radical (unpaired) electrons. The number of ether oxygens (including phenoxy) is 2. The molecule has 3 rings (SSSR count). The van der Waals surface area contributed by atoms with Crippen molar-refractivity contribution in [2.24, 2.45) is 0 Å². The highest BCUT2D eigenvalue weighted by atomic mass is 16.7. The van der Waals surface area contributed by atoms with Crippen molar-refractivity contribution < 1.29 is 14.3 Å². The zero-order valence-corrected chi connectivity index (χ0v) is 12.6. The monoisotopic (exact) mass is 282 g/mol. The molecule has 1 atom stereocenters. The molecule has 114 valence electrons. The molecule has 2 heterocycles. The summed E-state index contributed by atoms with van der Waals surface area (Å²) in [7, 11) is 0. The fraction of sp³-hybridized carbons (Fsp3) is 0.933. The Morgan fingerprint density at radius 3 is 2.40 bits per heavy atom. The van der Waals surface area contributed by atoms with Crippen LogP contribution in [-0.4, -0.2) is 54.5 Å². The van der Waals surface area contributed by atoms with E-state index in [0.29, 0.717) is 12.1 Å². The molecule has 1 saturated carbocycles. The summed E-state index contributed by atoms with van der Waals surface area (Å²) in [6.07, 6.45) is 4.89. The van der Waals surface area contributed by atoms with Crippen molar-refractivity contribution in [3.05, 3.63) is 0 Å². The first-order valence-corrected chi connectivity index (χ1v) is 7.94. The van der Waals surface area contributed by atoms with E-state index in [1.54, 1.807) is 0 Å². The standard InChI is InChI=1S/C15H26N2O3/c1-11(2)17-8-5-13(14(17)18)16-12-3-6-15(7-4-12)19-9-10-20-15/h11-13,16H,3-10H2,1-2H3. The molecule has 1 aliphatic carbocycles. The molecule has 20 heavy (non-hydrogen) atoms. The maximum absolute atomic E-state index is 12.3. The van der Waals surface area contributed by atoms with Gasteiger partial charge in [0.25, 0.3) is 0 Å². The van der Waals surface area contributed by atoms with E-state index >= 15 is 0 Å². The summed E-state index contributed by atoms with van der Waals surface area (Å²) in [4.78, 5) is 14.3. The summed E-state index contributed by atoms with van der Waals surface area (Å²) in [5.41, 5.74) is 0. The fourth-order valence-corrected chi connectivity index (χ4v) is 3.66. The lowest BCUT2D eigenvalue weighted by Gasteiger charge is -2.36. The second-order valence-corrected chi connectivity index (χ2v) is 6.52. The minimum Gasteiger partial charge on any atom is -0.348 e. The van der Waals surface area contributed by atoms with Crippen molar-refractivity contribution in [3.63, 3.8) is 0 Å². The van der Waals surface area contributed by atoms with Crippen LogP contribution in [0.2, 0.25) is 0 Å². The van der Waals surface area contributed by atoms with E-state index in [9.17, 15) is 4.79 Å². The van der Waals surface area contributed by atoms with E-state index in [-0.39, 0.29) is 17.7 Å². The molecule has 0 aromatic carbocycles. The van der Waals surface area contributed by atoms with Crippen LogP contribution in [0.1, 0.15) is 46.0 Å². The van der Waals surface area contributed by atoms with Crippen LogP contribution in [0.15, 0.2) is 0 Å². The molecule has 1 N–H and O–H groups in total. The second kappa shape index (κ2) is 5.62. The van der Waals surface area contributed by atoms with E-state index in [0.717, 1.165) is 51.9 Å². The number of rotatable bonds is 3. The van der Waals surface area contributed by atoms with Crippen LogP contribution in [0, 0.1) is 0 Å². The third kappa shape index (κ3) is 2.71. The van der Waals surface area contributed by atoms with Gasteiger partial charge in [0, 0.05) is 31.5 Å². The van der Waals surface area contributed by atoms with Gasteiger partial charge in [-0.25, -0.2) is 0 Å². The second-order valence-electron chi connectivity index (χ2n) is 6.52. The summed E-state index contributed by atoms with van der Waals surface area (Å²) in [6.45, 7) is 6.50. The first kappa shape index (κ1) is 14.3. The number of amides is 1. The van der Waals surface area contributed by atoms with Gasteiger partial charge in [-0.05, 0) is 33.1 Å². The van der Waals surface area contributed by atoms with Gasteiger partial charge in [-0.2, -0.15) is 0 Å². The Morgan fingerprint density at radius 1 is 1.20 bits per heavy atom. The number of carbonyl (C=O) groups excluding carboxylic acids is 1. The minimum atomic E-state index is -0.304. The largest absolute Gasteiger partial charge is 0.348 e. The Hall–Kier alpha value is -0.650. The van der Waals surface area contributed by atoms with Crippen molar-refractivity contribution in [2.45, 2.75) is 69.9 Å². The molecule has 0 aromatic rings. The van der Waals surface area contributed by atoms with Crippen LogP contribution in [0.25, 0.3) is 0 Å². The summed E-state index contributed by atoms with van der Waals surface area (Å²) < 4.78 is 11.5. The lowest BCUT2D eigenvalue weighted by Crippen LogP contribution is -2.48. The molecule has 0 bridgehead atoms. The summed E-state index contributed by atoms with van der Waals surface area (Å²) >= 11 is 0. The van der Waals surface area contributed by atoms with Crippen LogP contribution >= 0.6 is 0 Å². The van der Waals surface area contributed by atoms with Gasteiger partial charge in [-0.1, -0.05) is 0 Å². The average molecular weight is 282 g/mol. The van der Waals surface area contributed by atoms with E-state index in [1.807, 2.05) is 4.90 Å². The lowest BCUT2D eigenvalue weighted by molar-refractivity contribution is -0.179. The fourth-order valence-electron chi connectivity index (χ4n) is 3.66. The molecule has 3 aliphatic rings. The van der Waals surface area contributed by atoms with E-state index in [1.165, 1.54) is 0 Å². The molecule has 1 spiro atoms. The zero-order valence-electron chi connectivity index (χ0n) is 12.6. The highest BCUT2D eigenvalue weighted by Crippen LogP contribution is 2.36. The van der Waals surface area contributed by atoms with Gasteiger partial charge in [0.05, 0.1) is 19.3 Å². The Balaban J connectivity index is 1.49. The van der Waals surface area contributed by atoms with Crippen molar-refractivity contribution in [1.82, 2.24) is 10.2 Å². The molecule has 1 amide bonds. The van der Waals surface area contributed by atoms with Gasteiger partial charge in [0.2, 0.25) is 5.91 Å². The number of nitrogens with zero attached hydrogens (tertiary/aromatic N) is 1. The molecule has 1 unspecified atom stereocenters. The van der Waals surface area contributed by atoms with Gasteiger partial charge in [-0.3, -0.25) is 4.79 Å². The Bertz CT molecular complexity index is 356. The first-order valence-electron chi connectivity index (χ1n) is 7.94. The Kier molecular flexibility index (Phi) is 4.02. The first-order chi connectivity index (χ1) is 9.60. The highest BCUT2D eigenvalue weighted by Gasteiger charge is 2.42. The molecule has 2 saturated heterocycles. The van der Waals surface area contributed by atoms with Gasteiger partial charge in [0.15, 0.2) is 5.79 Å². The number of carbonyl (C=O) groups is 1. The summed E-state index contributed by atoms with van der Waals surface area (Å²) in [6, 6.07) is 0.751. The predicted octanol–water partition coefficient (Wildman–Crippen LogP) is 1.27. The zero-order chi connectivity index (χ0) is 14.2. The number of likely N-dealkylation sites (tertiary alicyclic amines) is 1. The maximum atomic E-state index is 12.3. The Morgan fingerprint density at radius 2 is 1.85 bits per heavy atom. The van der Waals surface area contributed by atoms with E-state index in [2.05, 4.69) is 19.2 Å². The lowest BCUT2D eigenvalue weighted by atomic mass is 9.89. The maximum Gasteiger partial charge on any atom is 0.240 e. The smallest absolute Gasteiger partial charge is 0.240 e. The average Bonchev–Trinajstić information content (AvgIpc) is 3.01. The van der Waals surface area contributed by atoms with E-state index in [4.69, 9.17) is 9.47 Å². The highest BCUT2D eigenvalue weighted by molar-refractivity contribution is 5.84. The van der Waals surface area contributed by atoms with Crippen molar-refractivity contribution in [2.75, 3.05) is 19.8 Å². The summed E-state index contributed by atoms with van der Waals surface area (Å²) in [5.74, 6) is -0.0318. The molecule has 3 fully saturated rings. The minimum absolute atomic E-state index is 0.0156. The van der Waals surface area contributed by atoms with Crippen LogP contribution in [0.3, 0.4) is 0 Å². The number of hydrogen-bond donors (Lipinski definition) is 1. The molecular formula is C15H26N2O3. The molecule has 5 heteroatoms. The van der Waals surface area contributed by atoms with Crippen LogP contribution in [0.5, 0.6) is 0 Å². The molecular weight excluding hydrogens is 256 g/mol. The molecule has 0 aromatic heterocycles. The Labute approximate surface area is 121 Å². The SMILES string of the molecule is CC(C)N1CCC(NC2CCC3(CC2)OCCO3)C1=O. The van der Waals surface area contributed by atoms with E-state index < -0.39 is 0 Å². The van der Waals surface area contributed by atoms with Gasteiger partial charge in [-0.15, -0.1) is 0 Å². The number of nitrogens with one attached hydrogen (secondary N) is 1. The van der Waals surface area contributed by atoms with Crippen molar-refractivity contribution >= 4 is 5.91 Å². The quantitative estimate of drug-likeness (QED) is 0.847. The summed E-state index contributed by atoms with van der Waals surface area (Å²) in [5, 5.41) is 3.56. The van der Waals surface area contributed by atoms with Gasteiger partial charge < -0.3 is 19.7 Å². The van der Waals surface area contributed by atoms with Crippen molar-refractivity contribution in [1.29, 1.82) is 0 Å². The molecule has 5 nitrogen and oxygen atoms in total. The van der Waals surface area contributed by atoms with Crippen LogP contribution < -0.4 is 5.32 Å². The van der Waals surface area contributed by atoms with Gasteiger partial charge in [0.1, 0.15) is 0 Å². The predicted molar refractivity (Wildman–Crippen MR) is 75.3 cm³/mol. The third-order valence-electron chi connectivity index (χ3n) is 4.86.